The fourth-order valence-electron chi connectivity index (χ4n) is 1.85. The number of carbonyl (C=O) groups excluding carboxylic acids is 2. The van der Waals surface area contributed by atoms with E-state index in [2.05, 4.69) is 15.3 Å². The molecule has 1 aromatic rings. The van der Waals surface area contributed by atoms with Crippen molar-refractivity contribution in [1.82, 2.24) is 15.3 Å². The number of nitrogens with one attached hydrogen (secondary N) is 2. The van der Waals surface area contributed by atoms with E-state index in [1.807, 2.05) is 0 Å². The summed E-state index contributed by atoms with van der Waals surface area (Å²) < 4.78 is 4.75. The third-order valence-electron chi connectivity index (χ3n) is 2.84. The second kappa shape index (κ2) is 5.74. The Hall–Kier alpha value is -1.73. The fraction of sp³-hybridized carbons (Fsp3) is 0.545. The van der Waals surface area contributed by atoms with Crippen LogP contribution in [0.3, 0.4) is 0 Å². The molecule has 0 amide bonds. The number of imidazole rings is 1. The highest BCUT2D eigenvalue weighted by atomic mass is 16.6. The molecule has 0 aromatic carbocycles. The molecule has 1 saturated heterocycles. The summed E-state index contributed by atoms with van der Waals surface area (Å²) in [6.07, 6.45) is 4.95. The molecule has 1 aromatic heterocycles. The Kier molecular flexibility index (Phi) is 4.06. The topological polar surface area (TPSA) is 110 Å². The second-order valence-electron chi connectivity index (χ2n) is 4.28. The van der Waals surface area contributed by atoms with Gasteiger partial charge in [-0.15, -0.1) is 0 Å². The summed E-state index contributed by atoms with van der Waals surface area (Å²) in [5, 5.41) is 2.96. The molecule has 18 heavy (non-hydrogen) atoms. The van der Waals surface area contributed by atoms with E-state index in [-0.39, 0.29) is 12.5 Å². The predicted octanol–water partition coefficient (Wildman–Crippen LogP) is -0.899. The average molecular weight is 252 g/mol. The van der Waals surface area contributed by atoms with Gasteiger partial charge in [0.05, 0.1) is 6.33 Å². The summed E-state index contributed by atoms with van der Waals surface area (Å²) >= 11 is 0. The van der Waals surface area contributed by atoms with Crippen LogP contribution < -0.4 is 11.1 Å². The molecule has 2 rings (SSSR count). The SMILES string of the molecule is N[C@@H](Cc1cnc[nH]1)C(=O)OC(=O)[C@@H]1CCCN1. The van der Waals surface area contributed by atoms with Crippen LogP contribution in [0.2, 0.25) is 0 Å². The average Bonchev–Trinajstić information content (AvgIpc) is 3.01. The van der Waals surface area contributed by atoms with Crippen LogP contribution >= 0.6 is 0 Å². The molecule has 0 radical (unpaired) electrons. The monoisotopic (exact) mass is 252 g/mol. The number of ether oxygens (including phenoxy) is 1. The standard InChI is InChI=1S/C11H16N4O3/c12-8(4-7-5-13-6-15-7)10(16)18-11(17)9-2-1-3-14-9/h5-6,8-9,14H,1-4,12H2,(H,13,15)/t8-,9-/m0/s1. The van der Waals surface area contributed by atoms with E-state index < -0.39 is 18.0 Å². The first kappa shape index (κ1) is 12.7. The summed E-state index contributed by atoms with van der Waals surface area (Å²) in [5.41, 5.74) is 6.39. The van der Waals surface area contributed by atoms with E-state index in [0.29, 0.717) is 6.42 Å². The summed E-state index contributed by atoms with van der Waals surface area (Å²) in [5.74, 6) is -1.25. The number of esters is 2. The summed E-state index contributed by atoms with van der Waals surface area (Å²) in [7, 11) is 0. The van der Waals surface area contributed by atoms with Gasteiger partial charge in [-0.1, -0.05) is 0 Å². The number of carbonyl (C=O) groups is 2. The Labute approximate surface area is 104 Å². The first-order valence-corrected chi connectivity index (χ1v) is 5.88. The van der Waals surface area contributed by atoms with Gasteiger partial charge in [0, 0.05) is 18.3 Å². The molecule has 0 spiro atoms. The van der Waals surface area contributed by atoms with Gasteiger partial charge in [0.15, 0.2) is 0 Å². The number of hydrogen-bond donors (Lipinski definition) is 3. The van der Waals surface area contributed by atoms with Gasteiger partial charge in [-0.2, -0.15) is 0 Å². The molecule has 0 aliphatic carbocycles. The molecular weight excluding hydrogens is 236 g/mol. The zero-order valence-corrected chi connectivity index (χ0v) is 9.89. The molecule has 7 heteroatoms. The molecule has 1 aliphatic rings. The van der Waals surface area contributed by atoms with Crippen molar-refractivity contribution < 1.29 is 14.3 Å². The molecule has 7 nitrogen and oxygen atoms in total. The lowest BCUT2D eigenvalue weighted by molar-refractivity contribution is -0.161. The highest BCUT2D eigenvalue weighted by molar-refractivity contribution is 5.91. The third kappa shape index (κ3) is 3.14. The minimum Gasteiger partial charge on any atom is -0.391 e. The largest absolute Gasteiger partial charge is 0.391 e. The maximum atomic E-state index is 11.6. The smallest absolute Gasteiger partial charge is 0.330 e. The van der Waals surface area contributed by atoms with Crippen LogP contribution in [0, 0.1) is 0 Å². The lowest BCUT2D eigenvalue weighted by Gasteiger charge is -2.12. The maximum Gasteiger partial charge on any atom is 0.330 e. The Bertz CT molecular complexity index is 412. The van der Waals surface area contributed by atoms with Crippen molar-refractivity contribution in [3.63, 3.8) is 0 Å². The number of aromatic nitrogens is 2. The van der Waals surface area contributed by atoms with Crippen molar-refractivity contribution in [3.05, 3.63) is 18.2 Å². The number of nitrogens with two attached hydrogens (primary N) is 1. The minimum absolute atomic E-state index is 0.268. The highest BCUT2D eigenvalue weighted by Gasteiger charge is 2.27. The van der Waals surface area contributed by atoms with Crippen molar-refractivity contribution in [3.8, 4) is 0 Å². The van der Waals surface area contributed by atoms with Crippen molar-refractivity contribution in [2.45, 2.75) is 31.3 Å². The molecule has 1 fully saturated rings. The van der Waals surface area contributed by atoms with Gasteiger partial charge in [0.1, 0.15) is 12.1 Å². The number of rotatable bonds is 4. The number of H-pyrrole nitrogens is 1. The zero-order chi connectivity index (χ0) is 13.0. The molecule has 0 bridgehead atoms. The molecule has 1 aliphatic heterocycles. The van der Waals surface area contributed by atoms with E-state index in [9.17, 15) is 9.59 Å². The lowest BCUT2D eigenvalue weighted by Crippen LogP contribution is -2.40. The van der Waals surface area contributed by atoms with Crippen LogP contribution in [0.1, 0.15) is 18.5 Å². The van der Waals surface area contributed by atoms with Gasteiger partial charge in [-0.3, -0.25) is 0 Å². The van der Waals surface area contributed by atoms with E-state index in [4.69, 9.17) is 10.5 Å². The molecule has 2 atom stereocenters. The van der Waals surface area contributed by atoms with Gasteiger partial charge in [-0.25, -0.2) is 14.6 Å². The number of aromatic amines is 1. The van der Waals surface area contributed by atoms with Crippen LogP contribution in [0.5, 0.6) is 0 Å². The minimum atomic E-state index is -0.865. The van der Waals surface area contributed by atoms with Crippen molar-refractivity contribution >= 4 is 11.9 Å². The predicted molar refractivity (Wildman–Crippen MR) is 62.4 cm³/mol. The molecule has 0 unspecified atom stereocenters. The van der Waals surface area contributed by atoms with Crippen LogP contribution in [-0.2, 0) is 20.7 Å². The van der Waals surface area contributed by atoms with Gasteiger partial charge in [0.25, 0.3) is 0 Å². The Balaban J connectivity index is 1.81. The third-order valence-corrected chi connectivity index (χ3v) is 2.84. The maximum absolute atomic E-state index is 11.6. The van der Waals surface area contributed by atoms with Gasteiger partial charge >= 0.3 is 11.9 Å². The lowest BCUT2D eigenvalue weighted by atomic mass is 10.2. The number of hydrogen-bond acceptors (Lipinski definition) is 6. The fourth-order valence-corrected chi connectivity index (χ4v) is 1.85. The van der Waals surface area contributed by atoms with Crippen molar-refractivity contribution in [2.75, 3.05) is 6.54 Å². The van der Waals surface area contributed by atoms with Crippen molar-refractivity contribution in [2.24, 2.45) is 5.73 Å². The molecule has 2 heterocycles. The van der Waals surface area contributed by atoms with Crippen LogP contribution in [-0.4, -0.2) is 40.5 Å². The highest BCUT2D eigenvalue weighted by Crippen LogP contribution is 2.07. The Morgan fingerprint density at radius 1 is 1.61 bits per heavy atom. The first-order chi connectivity index (χ1) is 8.66. The Morgan fingerprint density at radius 3 is 3.06 bits per heavy atom. The van der Waals surface area contributed by atoms with Crippen LogP contribution in [0.4, 0.5) is 0 Å². The normalized spacial score (nSPS) is 20.6. The molecule has 0 saturated carbocycles. The van der Waals surface area contributed by atoms with Gasteiger partial charge < -0.3 is 20.8 Å². The van der Waals surface area contributed by atoms with Gasteiger partial charge in [-0.05, 0) is 19.4 Å². The summed E-state index contributed by atoms with van der Waals surface area (Å²) in [6.45, 7) is 0.772. The number of nitrogens with zero attached hydrogens (tertiary/aromatic N) is 1. The van der Waals surface area contributed by atoms with E-state index in [1.54, 1.807) is 6.20 Å². The summed E-state index contributed by atoms with van der Waals surface area (Å²) in [4.78, 5) is 29.8. The molecule has 98 valence electrons. The molecule has 4 N–H and O–H groups in total. The van der Waals surface area contributed by atoms with Crippen LogP contribution in [0.15, 0.2) is 12.5 Å². The van der Waals surface area contributed by atoms with E-state index >= 15 is 0 Å². The second-order valence-corrected chi connectivity index (χ2v) is 4.28. The Morgan fingerprint density at radius 2 is 2.44 bits per heavy atom. The van der Waals surface area contributed by atoms with Crippen LogP contribution in [0.25, 0.3) is 0 Å². The van der Waals surface area contributed by atoms with Crippen molar-refractivity contribution in [1.29, 1.82) is 0 Å². The first-order valence-electron chi connectivity index (χ1n) is 5.88. The quantitative estimate of drug-likeness (QED) is 0.473. The van der Waals surface area contributed by atoms with Gasteiger partial charge in [0.2, 0.25) is 0 Å². The molecular formula is C11H16N4O3. The van der Waals surface area contributed by atoms with E-state index in [1.165, 1.54) is 6.33 Å². The van der Waals surface area contributed by atoms with E-state index in [0.717, 1.165) is 18.7 Å². The zero-order valence-electron chi connectivity index (χ0n) is 9.89. The summed E-state index contributed by atoms with van der Waals surface area (Å²) in [6, 6.07) is -1.25.